The van der Waals surface area contributed by atoms with Crippen LogP contribution in [0.1, 0.15) is 39.2 Å². The van der Waals surface area contributed by atoms with Gasteiger partial charge in [0.1, 0.15) is 0 Å². The van der Waals surface area contributed by atoms with Crippen LogP contribution in [0.4, 0.5) is 5.69 Å². The smallest absolute Gasteiger partial charge is 0.0398 e. The van der Waals surface area contributed by atoms with Crippen LogP contribution < -0.4 is 4.90 Å². The molecule has 0 aliphatic rings. The minimum Gasteiger partial charge on any atom is -0.372 e. The average molecular weight is 205 g/mol. The van der Waals surface area contributed by atoms with Gasteiger partial charge in [-0.15, -0.1) is 0 Å². The molecule has 0 aliphatic carbocycles. The maximum atomic E-state index is 2.41. The molecule has 0 bridgehead atoms. The van der Waals surface area contributed by atoms with Gasteiger partial charge in [0.2, 0.25) is 0 Å². The third-order valence-electron chi connectivity index (χ3n) is 3.12. The van der Waals surface area contributed by atoms with Gasteiger partial charge in [0.15, 0.2) is 0 Å². The van der Waals surface area contributed by atoms with E-state index in [1.54, 1.807) is 0 Å². The van der Waals surface area contributed by atoms with Crippen molar-refractivity contribution in [1.29, 1.82) is 0 Å². The predicted molar refractivity (Wildman–Crippen MR) is 68.6 cm³/mol. The van der Waals surface area contributed by atoms with E-state index in [-0.39, 0.29) is 0 Å². The summed E-state index contributed by atoms with van der Waals surface area (Å²) < 4.78 is 0. The minimum atomic E-state index is 0.627. The van der Waals surface area contributed by atoms with E-state index in [2.05, 4.69) is 57.0 Å². The highest BCUT2D eigenvalue weighted by Gasteiger charge is 2.11. The van der Waals surface area contributed by atoms with Crippen molar-refractivity contribution >= 4 is 5.69 Å². The molecule has 1 aromatic carbocycles. The van der Waals surface area contributed by atoms with Gasteiger partial charge >= 0.3 is 0 Å². The molecule has 0 saturated heterocycles. The summed E-state index contributed by atoms with van der Waals surface area (Å²) in [6.07, 6.45) is 3.62. The number of aryl methyl sites for hydroxylation is 1. The fraction of sp³-hybridized carbons (Fsp3) is 0.571. The number of benzene rings is 1. The van der Waals surface area contributed by atoms with E-state index in [0.29, 0.717) is 6.04 Å². The Morgan fingerprint density at radius 1 is 1.20 bits per heavy atom. The number of nitrogens with zero attached hydrogens (tertiary/aromatic N) is 1. The van der Waals surface area contributed by atoms with Crippen LogP contribution in [-0.2, 0) is 6.42 Å². The lowest BCUT2D eigenvalue weighted by Gasteiger charge is -2.28. The highest BCUT2D eigenvalue weighted by molar-refractivity contribution is 5.53. The van der Waals surface area contributed by atoms with Gasteiger partial charge < -0.3 is 4.90 Å². The van der Waals surface area contributed by atoms with Crippen LogP contribution in [0.3, 0.4) is 0 Å². The zero-order chi connectivity index (χ0) is 11.3. The molecule has 15 heavy (non-hydrogen) atoms. The molecule has 0 aliphatic heterocycles. The maximum Gasteiger partial charge on any atom is 0.0398 e. The van der Waals surface area contributed by atoms with Gasteiger partial charge in [-0.05, 0) is 31.4 Å². The lowest BCUT2D eigenvalue weighted by atomic mass is 10.1. The molecular formula is C14H23N. The second-order valence-corrected chi connectivity index (χ2v) is 4.23. The Balaban J connectivity index is 2.84. The van der Waals surface area contributed by atoms with E-state index < -0.39 is 0 Å². The summed E-state index contributed by atoms with van der Waals surface area (Å²) >= 11 is 0. The molecular weight excluding hydrogens is 182 g/mol. The van der Waals surface area contributed by atoms with Crippen LogP contribution in [0.15, 0.2) is 24.3 Å². The van der Waals surface area contributed by atoms with E-state index in [9.17, 15) is 0 Å². The second-order valence-electron chi connectivity index (χ2n) is 4.23. The summed E-state index contributed by atoms with van der Waals surface area (Å²) in [4.78, 5) is 2.41. The summed E-state index contributed by atoms with van der Waals surface area (Å²) in [5, 5.41) is 0. The molecule has 0 aromatic heterocycles. The topological polar surface area (TPSA) is 3.24 Å². The third-order valence-corrected chi connectivity index (χ3v) is 3.12. The summed E-state index contributed by atoms with van der Waals surface area (Å²) in [5.41, 5.74) is 2.84. The normalized spacial score (nSPS) is 12.5. The van der Waals surface area contributed by atoms with Crippen LogP contribution in [0, 0.1) is 0 Å². The van der Waals surface area contributed by atoms with Gasteiger partial charge in [0, 0.05) is 18.8 Å². The zero-order valence-electron chi connectivity index (χ0n) is 10.5. The van der Waals surface area contributed by atoms with Crippen LogP contribution in [0.5, 0.6) is 0 Å². The summed E-state index contributed by atoms with van der Waals surface area (Å²) in [6.45, 7) is 6.77. The van der Waals surface area contributed by atoms with Crippen LogP contribution >= 0.6 is 0 Å². The minimum absolute atomic E-state index is 0.627. The molecule has 0 N–H and O–H groups in total. The molecule has 0 radical (unpaired) electrons. The molecule has 1 nitrogen and oxygen atoms in total. The first-order chi connectivity index (χ1) is 7.20. The van der Waals surface area contributed by atoms with E-state index >= 15 is 0 Å². The molecule has 84 valence electrons. The largest absolute Gasteiger partial charge is 0.372 e. The molecule has 0 spiro atoms. The van der Waals surface area contributed by atoms with Gasteiger partial charge in [-0.2, -0.15) is 0 Å². The quantitative estimate of drug-likeness (QED) is 0.705. The van der Waals surface area contributed by atoms with Crippen molar-refractivity contribution in [3.8, 4) is 0 Å². The summed E-state index contributed by atoms with van der Waals surface area (Å²) in [6, 6.07) is 9.34. The van der Waals surface area contributed by atoms with Gasteiger partial charge in [0.05, 0.1) is 0 Å². The molecule has 0 amide bonds. The van der Waals surface area contributed by atoms with Gasteiger partial charge in [0.25, 0.3) is 0 Å². The van der Waals surface area contributed by atoms with Gasteiger partial charge in [-0.1, -0.05) is 38.5 Å². The van der Waals surface area contributed by atoms with Gasteiger partial charge in [-0.25, -0.2) is 0 Å². The van der Waals surface area contributed by atoms with Crippen LogP contribution in [-0.4, -0.2) is 13.1 Å². The highest BCUT2D eigenvalue weighted by atomic mass is 15.1. The monoisotopic (exact) mass is 205 g/mol. The maximum absolute atomic E-state index is 2.41. The van der Waals surface area contributed by atoms with Crippen molar-refractivity contribution < 1.29 is 0 Å². The van der Waals surface area contributed by atoms with Crippen molar-refractivity contribution in [2.75, 3.05) is 11.9 Å². The lowest BCUT2D eigenvalue weighted by molar-refractivity contribution is 0.614. The number of anilines is 1. The van der Waals surface area contributed by atoms with Crippen molar-refractivity contribution in [2.24, 2.45) is 0 Å². The highest BCUT2D eigenvalue weighted by Crippen LogP contribution is 2.22. The average Bonchev–Trinajstić information content (AvgIpc) is 2.28. The Kier molecular flexibility index (Phi) is 4.67. The zero-order valence-corrected chi connectivity index (χ0v) is 10.5. The Morgan fingerprint density at radius 2 is 1.87 bits per heavy atom. The second kappa shape index (κ2) is 5.79. The van der Waals surface area contributed by atoms with Crippen LogP contribution in [0.2, 0.25) is 0 Å². The van der Waals surface area contributed by atoms with E-state index in [0.717, 1.165) is 6.42 Å². The Labute approximate surface area is 94.1 Å². The van der Waals surface area contributed by atoms with Crippen molar-refractivity contribution in [3.63, 3.8) is 0 Å². The third kappa shape index (κ3) is 2.98. The number of hydrogen-bond donors (Lipinski definition) is 0. The molecule has 1 rings (SSSR count). The number of rotatable bonds is 5. The predicted octanol–water partition coefficient (Wildman–Crippen LogP) is 3.87. The van der Waals surface area contributed by atoms with Crippen LogP contribution in [0.25, 0.3) is 0 Å². The molecule has 1 unspecified atom stereocenters. The fourth-order valence-electron chi connectivity index (χ4n) is 2.00. The van der Waals surface area contributed by atoms with E-state index in [1.807, 2.05) is 0 Å². The van der Waals surface area contributed by atoms with Gasteiger partial charge in [-0.3, -0.25) is 0 Å². The fourth-order valence-corrected chi connectivity index (χ4v) is 2.00. The Morgan fingerprint density at radius 3 is 2.47 bits per heavy atom. The first kappa shape index (κ1) is 12.1. The van der Waals surface area contributed by atoms with Crippen molar-refractivity contribution in [1.82, 2.24) is 0 Å². The summed E-state index contributed by atoms with van der Waals surface area (Å²) in [5.74, 6) is 0. The van der Waals surface area contributed by atoms with E-state index in [4.69, 9.17) is 0 Å². The molecule has 0 saturated carbocycles. The Bertz CT molecular complexity index is 293. The lowest BCUT2D eigenvalue weighted by Crippen LogP contribution is -2.29. The number of hydrogen-bond acceptors (Lipinski definition) is 1. The molecule has 0 fully saturated rings. The molecule has 1 atom stereocenters. The first-order valence-electron chi connectivity index (χ1n) is 6.01. The Hall–Kier alpha value is -0.980. The standard InChI is InChI=1S/C14H23N/c1-5-9-12(3)15(4)14-11-8-7-10-13(14)6-2/h7-8,10-12H,5-6,9H2,1-4H3. The number of para-hydroxylation sites is 1. The van der Waals surface area contributed by atoms with E-state index in [1.165, 1.54) is 24.1 Å². The first-order valence-corrected chi connectivity index (χ1v) is 6.01. The van der Waals surface area contributed by atoms with Crippen molar-refractivity contribution in [3.05, 3.63) is 29.8 Å². The molecule has 1 heteroatoms. The SMILES string of the molecule is CCCC(C)N(C)c1ccccc1CC. The summed E-state index contributed by atoms with van der Waals surface area (Å²) in [7, 11) is 2.20. The molecule has 0 heterocycles. The van der Waals surface area contributed by atoms with Crippen molar-refractivity contribution in [2.45, 2.75) is 46.1 Å². The molecule has 1 aromatic rings.